The highest BCUT2D eigenvalue weighted by Crippen LogP contribution is 2.27. The fourth-order valence-corrected chi connectivity index (χ4v) is 4.21. The lowest BCUT2D eigenvalue weighted by Gasteiger charge is -2.33. The topological polar surface area (TPSA) is 129 Å². The molecule has 1 aromatic heterocycles. The van der Waals surface area contributed by atoms with Crippen molar-refractivity contribution in [2.24, 2.45) is 5.73 Å². The van der Waals surface area contributed by atoms with Crippen LogP contribution in [0.3, 0.4) is 0 Å². The average Bonchev–Trinajstić information content (AvgIpc) is 2.78. The Morgan fingerprint density at radius 1 is 1.11 bits per heavy atom. The van der Waals surface area contributed by atoms with Gasteiger partial charge in [-0.2, -0.15) is 0 Å². The van der Waals surface area contributed by atoms with Crippen molar-refractivity contribution in [3.63, 3.8) is 0 Å². The number of amides is 1. The van der Waals surface area contributed by atoms with Gasteiger partial charge in [-0.15, -0.1) is 24.8 Å². The van der Waals surface area contributed by atoms with Gasteiger partial charge in [0.05, 0.1) is 5.52 Å². The minimum atomic E-state index is -0.438. The molecule has 1 aliphatic rings. The van der Waals surface area contributed by atoms with Gasteiger partial charge in [0.1, 0.15) is 11.6 Å². The molecule has 1 fully saturated rings. The number of carbonyl (C=O) groups excluding carboxylic acids is 1. The molecule has 188 valence electrons. The number of aryl methyl sites for hydroxylation is 1. The van der Waals surface area contributed by atoms with Crippen LogP contribution >= 0.6 is 24.8 Å². The first-order valence-electron chi connectivity index (χ1n) is 11.1. The fraction of sp³-hybridized carbons (Fsp3) is 0.333. The summed E-state index contributed by atoms with van der Waals surface area (Å²) in [7, 11) is 0. The molecule has 2 aromatic carbocycles. The molecular weight excluding hydrogens is 492 g/mol. The van der Waals surface area contributed by atoms with E-state index in [9.17, 15) is 9.18 Å². The molecule has 6 N–H and O–H groups in total. The smallest absolute Gasteiger partial charge is 0.289 e. The molecule has 1 aliphatic carbocycles. The third-order valence-corrected chi connectivity index (χ3v) is 5.83. The van der Waals surface area contributed by atoms with Crippen molar-refractivity contribution in [3.05, 3.63) is 65.2 Å². The average molecular weight is 522 g/mol. The van der Waals surface area contributed by atoms with E-state index in [1.807, 2.05) is 25.1 Å². The predicted octanol–water partition coefficient (Wildman–Crippen LogP) is 4.06. The molecule has 3 aromatic rings. The summed E-state index contributed by atoms with van der Waals surface area (Å²) in [5.74, 6) is -0.243. The van der Waals surface area contributed by atoms with Crippen LogP contribution in [0.25, 0.3) is 10.9 Å². The number of fused-ring (bicyclic) bond motifs is 1. The number of nitrogens with two attached hydrogens (primary N) is 1. The highest BCUT2D eigenvalue weighted by molar-refractivity contribution is 5.96. The summed E-state index contributed by atoms with van der Waals surface area (Å²) < 4.78 is 13.4. The van der Waals surface area contributed by atoms with E-state index in [1.54, 1.807) is 12.1 Å². The van der Waals surface area contributed by atoms with Crippen LogP contribution in [-0.2, 0) is 6.54 Å². The number of hydrogen-bond acceptors (Lipinski definition) is 5. The molecule has 0 spiro atoms. The van der Waals surface area contributed by atoms with Crippen molar-refractivity contribution in [2.75, 3.05) is 5.32 Å². The van der Waals surface area contributed by atoms with Gasteiger partial charge in [-0.3, -0.25) is 10.2 Å². The summed E-state index contributed by atoms with van der Waals surface area (Å²) in [5.41, 5.74) is 7.95. The van der Waals surface area contributed by atoms with Crippen molar-refractivity contribution >= 4 is 53.4 Å². The van der Waals surface area contributed by atoms with Crippen LogP contribution in [0.5, 0.6) is 0 Å². The largest absolute Gasteiger partial charge is 0.370 e. The van der Waals surface area contributed by atoms with Crippen LogP contribution in [0.2, 0.25) is 0 Å². The molecule has 1 amide bonds. The van der Waals surface area contributed by atoms with Crippen molar-refractivity contribution < 1.29 is 9.18 Å². The van der Waals surface area contributed by atoms with Crippen LogP contribution in [0, 0.1) is 18.2 Å². The summed E-state index contributed by atoms with van der Waals surface area (Å²) in [4.78, 5) is 21.9. The maximum absolute atomic E-state index is 13.4. The van der Waals surface area contributed by atoms with Crippen LogP contribution in [0.1, 0.15) is 47.4 Å². The molecule has 0 bridgehead atoms. The SMILES string of the molecule is Cc1ccc2nc(C(=O)NCc3cccc(F)c3)nc(N[C@H]3CCCC[C@H]3NC(=N)N)c2c1.Cl.Cl. The second kappa shape index (κ2) is 12.5. The lowest BCUT2D eigenvalue weighted by Crippen LogP contribution is -2.50. The number of nitrogens with zero attached hydrogens (tertiary/aromatic N) is 2. The first kappa shape index (κ1) is 28.1. The maximum atomic E-state index is 13.4. The molecule has 0 saturated heterocycles. The molecule has 0 unspecified atom stereocenters. The number of aromatic nitrogens is 2. The molecule has 35 heavy (non-hydrogen) atoms. The second-order valence-corrected chi connectivity index (χ2v) is 8.43. The monoisotopic (exact) mass is 521 g/mol. The van der Waals surface area contributed by atoms with E-state index in [2.05, 4.69) is 25.9 Å². The number of nitrogens with one attached hydrogen (secondary N) is 4. The third kappa shape index (κ3) is 7.16. The van der Waals surface area contributed by atoms with E-state index >= 15 is 0 Å². The molecule has 1 heterocycles. The maximum Gasteiger partial charge on any atom is 0.289 e. The first-order valence-corrected chi connectivity index (χ1v) is 11.1. The van der Waals surface area contributed by atoms with Crippen LogP contribution in [0.15, 0.2) is 42.5 Å². The first-order chi connectivity index (χ1) is 15.9. The third-order valence-electron chi connectivity index (χ3n) is 5.83. The standard InChI is InChI=1S/C24H28FN7O.2ClH/c1-14-9-10-18-17(11-14)21(30-19-7-2-3-8-20(19)31-24(26)27)32-22(29-18)23(33)28-13-15-5-4-6-16(25)12-15;;/h4-6,9-12,19-20H,2-3,7-8,13H2,1H3,(H,28,33)(H4,26,27,31)(H,29,30,32);2*1H/t19-,20+;;/m0../s1. The molecule has 4 rings (SSSR count). The van der Waals surface area contributed by atoms with E-state index in [0.29, 0.717) is 16.9 Å². The summed E-state index contributed by atoms with van der Waals surface area (Å²) in [6.07, 6.45) is 3.89. The number of halogens is 3. The number of hydrogen-bond donors (Lipinski definition) is 5. The molecule has 0 aliphatic heterocycles. The zero-order valence-corrected chi connectivity index (χ0v) is 20.9. The Morgan fingerprint density at radius 3 is 2.57 bits per heavy atom. The molecule has 11 heteroatoms. The Morgan fingerprint density at radius 2 is 1.86 bits per heavy atom. The molecule has 1 saturated carbocycles. The van der Waals surface area contributed by atoms with Gasteiger partial charge in [0.2, 0.25) is 5.82 Å². The fourth-order valence-electron chi connectivity index (χ4n) is 4.21. The lowest BCUT2D eigenvalue weighted by atomic mass is 9.90. The van der Waals surface area contributed by atoms with E-state index in [0.717, 1.165) is 36.6 Å². The van der Waals surface area contributed by atoms with Crippen LogP contribution in [0.4, 0.5) is 10.2 Å². The zero-order chi connectivity index (χ0) is 23.4. The Labute approximate surface area is 216 Å². The van der Waals surface area contributed by atoms with Gasteiger partial charge in [-0.25, -0.2) is 14.4 Å². The quantitative estimate of drug-likeness (QED) is 0.245. The number of carbonyl (C=O) groups is 1. The van der Waals surface area contributed by atoms with Gasteiger partial charge in [0.15, 0.2) is 5.96 Å². The number of anilines is 1. The highest BCUT2D eigenvalue weighted by Gasteiger charge is 2.27. The minimum absolute atomic E-state index is 0. The van der Waals surface area contributed by atoms with Gasteiger partial charge < -0.3 is 21.7 Å². The van der Waals surface area contributed by atoms with Gasteiger partial charge >= 0.3 is 0 Å². The summed E-state index contributed by atoms with van der Waals surface area (Å²) in [6, 6.07) is 11.9. The molecule has 2 atom stereocenters. The Kier molecular flexibility index (Phi) is 10.0. The Hall–Kier alpha value is -3.17. The van der Waals surface area contributed by atoms with Gasteiger partial charge in [-0.1, -0.05) is 36.6 Å². The van der Waals surface area contributed by atoms with Gasteiger partial charge in [0.25, 0.3) is 5.91 Å². The minimum Gasteiger partial charge on any atom is -0.370 e. The second-order valence-electron chi connectivity index (χ2n) is 8.43. The predicted molar refractivity (Wildman–Crippen MR) is 141 cm³/mol. The molecule has 0 radical (unpaired) electrons. The van der Waals surface area contributed by atoms with E-state index in [-0.39, 0.29) is 61.0 Å². The molecule has 8 nitrogen and oxygen atoms in total. The Balaban J connectivity index is 0.00000216. The Bertz CT molecular complexity index is 1190. The zero-order valence-electron chi connectivity index (χ0n) is 19.3. The van der Waals surface area contributed by atoms with E-state index in [1.165, 1.54) is 12.1 Å². The number of benzene rings is 2. The summed E-state index contributed by atoms with van der Waals surface area (Å²) in [5, 5.41) is 17.7. The highest BCUT2D eigenvalue weighted by atomic mass is 35.5. The van der Waals surface area contributed by atoms with Crippen molar-refractivity contribution in [2.45, 2.75) is 51.2 Å². The van der Waals surface area contributed by atoms with Crippen molar-refractivity contribution in [1.82, 2.24) is 20.6 Å². The number of rotatable bonds is 6. The summed E-state index contributed by atoms with van der Waals surface area (Å²) >= 11 is 0. The van der Waals surface area contributed by atoms with Crippen molar-refractivity contribution in [1.29, 1.82) is 5.41 Å². The van der Waals surface area contributed by atoms with Gasteiger partial charge in [0, 0.05) is 24.0 Å². The van der Waals surface area contributed by atoms with Crippen molar-refractivity contribution in [3.8, 4) is 0 Å². The number of guanidine groups is 1. The normalized spacial score (nSPS) is 17.0. The summed E-state index contributed by atoms with van der Waals surface area (Å²) in [6.45, 7) is 2.16. The molecular formula is C24H30Cl2FN7O. The van der Waals surface area contributed by atoms with Gasteiger partial charge in [-0.05, 0) is 49.6 Å². The lowest BCUT2D eigenvalue weighted by molar-refractivity contribution is 0.0941. The van der Waals surface area contributed by atoms with E-state index in [4.69, 9.17) is 11.1 Å². The van der Waals surface area contributed by atoms with E-state index < -0.39 is 5.91 Å². The van der Waals surface area contributed by atoms with Crippen LogP contribution < -0.4 is 21.7 Å². The van der Waals surface area contributed by atoms with Crippen LogP contribution in [-0.4, -0.2) is 33.9 Å².